The molecule has 0 saturated carbocycles. The number of hydrogen-bond acceptors (Lipinski definition) is 5. The van der Waals surface area contributed by atoms with Gasteiger partial charge >= 0.3 is 0 Å². The first-order chi connectivity index (χ1) is 13.2. The molecule has 28 heavy (non-hydrogen) atoms. The molecule has 0 radical (unpaired) electrons. The first kappa shape index (κ1) is 21.6. The molecule has 1 amide bonds. The SMILES string of the molecule is CC(=O)c1cccc(NC(=O)COc2ccc(S(=O)(=O)NCC(C)C)cc2)c1. The van der Waals surface area contributed by atoms with Gasteiger partial charge in [-0.15, -0.1) is 0 Å². The van der Waals surface area contributed by atoms with Crippen LogP contribution in [-0.4, -0.2) is 33.3 Å². The van der Waals surface area contributed by atoms with Crippen LogP contribution in [0.15, 0.2) is 53.4 Å². The Morgan fingerprint density at radius 1 is 1.07 bits per heavy atom. The Balaban J connectivity index is 1.91. The van der Waals surface area contributed by atoms with Gasteiger partial charge in [0.15, 0.2) is 12.4 Å². The average molecular weight is 404 g/mol. The lowest BCUT2D eigenvalue weighted by Gasteiger charge is -2.10. The highest BCUT2D eigenvalue weighted by molar-refractivity contribution is 7.89. The smallest absolute Gasteiger partial charge is 0.262 e. The molecule has 0 heterocycles. The van der Waals surface area contributed by atoms with Crippen LogP contribution in [0.5, 0.6) is 5.75 Å². The predicted molar refractivity (Wildman–Crippen MR) is 107 cm³/mol. The number of amides is 1. The van der Waals surface area contributed by atoms with Gasteiger partial charge in [-0.25, -0.2) is 13.1 Å². The monoisotopic (exact) mass is 404 g/mol. The summed E-state index contributed by atoms with van der Waals surface area (Å²) in [7, 11) is -3.57. The molecule has 0 aromatic heterocycles. The van der Waals surface area contributed by atoms with Gasteiger partial charge in [0.1, 0.15) is 5.75 Å². The Hall–Kier alpha value is -2.71. The van der Waals surface area contributed by atoms with E-state index in [0.29, 0.717) is 23.5 Å². The summed E-state index contributed by atoms with van der Waals surface area (Å²) >= 11 is 0. The minimum absolute atomic E-state index is 0.0923. The van der Waals surface area contributed by atoms with Crippen LogP contribution in [0.25, 0.3) is 0 Å². The summed E-state index contributed by atoms with van der Waals surface area (Å²) in [5.41, 5.74) is 1.00. The zero-order valence-electron chi connectivity index (χ0n) is 16.1. The van der Waals surface area contributed by atoms with Crippen molar-refractivity contribution in [2.24, 2.45) is 5.92 Å². The molecule has 0 aliphatic heterocycles. The average Bonchev–Trinajstić information content (AvgIpc) is 2.65. The maximum Gasteiger partial charge on any atom is 0.262 e. The highest BCUT2D eigenvalue weighted by Gasteiger charge is 2.14. The van der Waals surface area contributed by atoms with Gasteiger partial charge in [-0.2, -0.15) is 0 Å². The van der Waals surface area contributed by atoms with E-state index in [1.54, 1.807) is 24.3 Å². The Bertz CT molecular complexity index is 937. The van der Waals surface area contributed by atoms with Gasteiger partial charge in [-0.1, -0.05) is 26.0 Å². The molecule has 0 aliphatic carbocycles. The molecule has 2 rings (SSSR count). The molecule has 7 nitrogen and oxygen atoms in total. The van der Waals surface area contributed by atoms with Gasteiger partial charge in [0.2, 0.25) is 10.0 Å². The molecule has 0 aliphatic rings. The number of rotatable bonds is 9. The molecule has 0 unspecified atom stereocenters. The van der Waals surface area contributed by atoms with E-state index >= 15 is 0 Å². The van der Waals surface area contributed by atoms with Crippen LogP contribution < -0.4 is 14.8 Å². The molecule has 0 fully saturated rings. The van der Waals surface area contributed by atoms with Crippen molar-refractivity contribution in [3.8, 4) is 5.75 Å². The summed E-state index contributed by atoms with van der Waals surface area (Å²) < 4.78 is 32.2. The number of ether oxygens (including phenoxy) is 1. The number of carbonyl (C=O) groups excluding carboxylic acids is 2. The number of anilines is 1. The van der Waals surface area contributed by atoms with Gasteiger partial charge in [0.05, 0.1) is 4.90 Å². The number of carbonyl (C=O) groups is 2. The van der Waals surface area contributed by atoms with E-state index in [1.165, 1.54) is 31.2 Å². The van der Waals surface area contributed by atoms with Gasteiger partial charge in [-0.05, 0) is 49.2 Å². The number of nitrogens with one attached hydrogen (secondary N) is 2. The van der Waals surface area contributed by atoms with E-state index in [0.717, 1.165) is 0 Å². The van der Waals surface area contributed by atoms with Crippen molar-refractivity contribution in [2.75, 3.05) is 18.5 Å². The summed E-state index contributed by atoms with van der Waals surface area (Å²) in [5.74, 6) is 0.0868. The Morgan fingerprint density at radius 2 is 1.75 bits per heavy atom. The number of sulfonamides is 1. The number of ketones is 1. The van der Waals surface area contributed by atoms with Crippen LogP contribution in [0, 0.1) is 5.92 Å². The zero-order valence-corrected chi connectivity index (χ0v) is 16.9. The maximum absolute atomic E-state index is 12.2. The van der Waals surface area contributed by atoms with Gasteiger partial charge in [0.25, 0.3) is 5.91 Å². The molecular weight excluding hydrogens is 380 g/mol. The number of hydrogen-bond donors (Lipinski definition) is 2. The highest BCUT2D eigenvalue weighted by atomic mass is 32.2. The third kappa shape index (κ3) is 6.47. The minimum Gasteiger partial charge on any atom is -0.484 e. The third-order valence-electron chi connectivity index (χ3n) is 3.74. The van der Waals surface area contributed by atoms with Crippen LogP contribution in [0.2, 0.25) is 0 Å². The van der Waals surface area contributed by atoms with E-state index in [9.17, 15) is 18.0 Å². The van der Waals surface area contributed by atoms with Crippen molar-refractivity contribution in [1.82, 2.24) is 4.72 Å². The van der Waals surface area contributed by atoms with Gasteiger partial charge in [-0.3, -0.25) is 9.59 Å². The molecule has 0 saturated heterocycles. The molecule has 0 atom stereocenters. The van der Waals surface area contributed by atoms with Crippen molar-refractivity contribution < 1.29 is 22.7 Å². The topological polar surface area (TPSA) is 102 Å². The third-order valence-corrected chi connectivity index (χ3v) is 5.18. The summed E-state index contributed by atoms with van der Waals surface area (Å²) in [6.45, 7) is 5.39. The molecule has 2 aromatic rings. The largest absolute Gasteiger partial charge is 0.484 e. The van der Waals surface area contributed by atoms with E-state index in [1.807, 2.05) is 13.8 Å². The molecule has 0 bridgehead atoms. The summed E-state index contributed by atoms with van der Waals surface area (Å²) in [6.07, 6.45) is 0. The van der Waals surface area contributed by atoms with E-state index < -0.39 is 15.9 Å². The van der Waals surface area contributed by atoms with Crippen molar-refractivity contribution in [1.29, 1.82) is 0 Å². The van der Waals surface area contributed by atoms with Crippen molar-refractivity contribution in [3.63, 3.8) is 0 Å². The highest BCUT2D eigenvalue weighted by Crippen LogP contribution is 2.16. The lowest BCUT2D eigenvalue weighted by atomic mass is 10.1. The number of benzene rings is 2. The lowest BCUT2D eigenvalue weighted by Crippen LogP contribution is -2.27. The van der Waals surface area contributed by atoms with Crippen molar-refractivity contribution >= 4 is 27.4 Å². The van der Waals surface area contributed by atoms with Crippen LogP contribution >= 0.6 is 0 Å². The number of Topliss-reactive ketones (excluding diaryl/α,β-unsaturated/α-hetero) is 1. The van der Waals surface area contributed by atoms with Crippen LogP contribution in [-0.2, 0) is 14.8 Å². The fraction of sp³-hybridized carbons (Fsp3) is 0.300. The fourth-order valence-corrected chi connectivity index (χ4v) is 3.45. The quantitative estimate of drug-likeness (QED) is 0.626. The van der Waals surface area contributed by atoms with Crippen molar-refractivity contribution in [3.05, 3.63) is 54.1 Å². The van der Waals surface area contributed by atoms with Crippen LogP contribution in [0.3, 0.4) is 0 Å². The van der Waals surface area contributed by atoms with Crippen LogP contribution in [0.4, 0.5) is 5.69 Å². The molecule has 0 spiro atoms. The maximum atomic E-state index is 12.2. The minimum atomic E-state index is -3.57. The summed E-state index contributed by atoms with van der Waals surface area (Å²) in [6, 6.07) is 12.4. The summed E-state index contributed by atoms with van der Waals surface area (Å²) in [5, 5.41) is 2.65. The van der Waals surface area contributed by atoms with Crippen molar-refractivity contribution in [2.45, 2.75) is 25.7 Å². The predicted octanol–water partition coefficient (Wildman–Crippen LogP) is 2.84. The van der Waals surface area contributed by atoms with E-state index in [-0.39, 0.29) is 23.2 Å². The van der Waals surface area contributed by atoms with E-state index in [4.69, 9.17) is 4.74 Å². The summed E-state index contributed by atoms with van der Waals surface area (Å²) in [4.78, 5) is 23.5. The normalized spacial score (nSPS) is 11.3. The van der Waals surface area contributed by atoms with Gasteiger partial charge < -0.3 is 10.1 Å². The molecular formula is C20H24N2O5S. The first-order valence-electron chi connectivity index (χ1n) is 8.81. The van der Waals surface area contributed by atoms with E-state index in [2.05, 4.69) is 10.0 Å². The molecule has 2 aromatic carbocycles. The Kier molecular flexibility index (Phi) is 7.31. The molecule has 150 valence electrons. The second-order valence-electron chi connectivity index (χ2n) is 6.69. The first-order valence-corrected chi connectivity index (χ1v) is 10.3. The second-order valence-corrected chi connectivity index (χ2v) is 8.46. The Labute approximate surface area is 165 Å². The second kappa shape index (κ2) is 9.48. The van der Waals surface area contributed by atoms with Crippen LogP contribution in [0.1, 0.15) is 31.1 Å². The zero-order chi connectivity index (χ0) is 20.7. The molecule has 8 heteroatoms. The molecule has 2 N–H and O–H groups in total. The standard InChI is InChI=1S/C20H24N2O5S/c1-14(2)12-21-28(25,26)19-9-7-18(8-10-19)27-13-20(24)22-17-6-4-5-16(11-17)15(3)23/h4-11,14,21H,12-13H2,1-3H3,(H,22,24). The Morgan fingerprint density at radius 3 is 2.36 bits per heavy atom. The lowest BCUT2D eigenvalue weighted by molar-refractivity contribution is -0.118. The van der Waals surface area contributed by atoms with Gasteiger partial charge in [0, 0.05) is 17.8 Å². The fourth-order valence-electron chi connectivity index (χ4n) is 2.24.